The molecule has 5 atom stereocenters. The van der Waals surface area contributed by atoms with E-state index in [9.17, 15) is 27.2 Å². The Labute approximate surface area is 353 Å². The van der Waals surface area contributed by atoms with Crippen LogP contribution in [0.15, 0.2) is 83.9 Å². The Balaban J connectivity index is 1.15. The summed E-state index contributed by atoms with van der Waals surface area (Å²) in [6.07, 6.45) is 3.32. The Morgan fingerprint density at radius 1 is 1.00 bits per heavy atom. The van der Waals surface area contributed by atoms with Crippen molar-refractivity contribution in [2.75, 3.05) is 11.9 Å². The Kier molecular flexibility index (Phi) is 10.4. The summed E-state index contributed by atoms with van der Waals surface area (Å²) >= 11 is 0. The number of aromatic nitrogens is 3. The lowest BCUT2D eigenvalue weighted by Gasteiger charge is -2.36. The van der Waals surface area contributed by atoms with Gasteiger partial charge < -0.3 is 24.7 Å². The minimum atomic E-state index is -3.93. The number of sulfonamides is 1. The van der Waals surface area contributed by atoms with Crippen molar-refractivity contribution >= 4 is 55.6 Å². The molecule has 3 amide bonds. The number of hydrogen-bond acceptors (Lipinski definition) is 11. The highest BCUT2D eigenvalue weighted by Crippen LogP contribution is 2.46. The molecule has 3 aromatic heterocycles. The van der Waals surface area contributed by atoms with E-state index in [1.807, 2.05) is 45.0 Å². The third-order valence-electron chi connectivity index (χ3n) is 11.7. The highest BCUT2D eigenvalue weighted by atomic mass is 32.2. The number of anilines is 1. The van der Waals surface area contributed by atoms with Gasteiger partial charge in [-0.2, -0.15) is 4.98 Å². The molecule has 2 aliphatic carbocycles. The number of furan rings is 1. The van der Waals surface area contributed by atoms with Crippen LogP contribution in [0.4, 0.5) is 10.1 Å². The molecule has 0 unspecified atom stereocenters. The van der Waals surface area contributed by atoms with E-state index in [-0.39, 0.29) is 36.3 Å². The SMILES string of the molecule is C=C[C@@H]1C[C@]1(NC(=O)[C@@H]1C[C@@H](Oc2nc(-c3ccc(C(C)(C)C)cc3)nc3c2oc2cccnc23)CN1C(=O)[C@@H](Nc1ccc(F)cc1)C(C)(C)C)C(=O)NS(=O)(=O)C1CC1. The van der Waals surface area contributed by atoms with Gasteiger partial charge in [0.1, 0.15) is 40.6 Å². The first-order chi connectivity index (χ1) is 28.8. The highest BCUT2D eigenvalue weighted by molar-refractivity contribution is 7.91. The van der Waals surface area contributed by atoms with E-state index >= 15 is 0 Å². The predicted octanol–water partition coefficient (Wildman–Crippen LogP) is 6.42. The van der Waals surface area contributed by atoms with Crippen molar-refractivity contribution in [1.82, 2.24) is 29.9 Å². The summed E-state index contributed by atoms with van der Waals surface area (Å²) in [5, 5.41) is 5.42. The number of halogens is 1. The maximum atomic E-state index is 14.9. The normalized spacial score (nSPS) is 22.1. The van der Waals surface area contributed by atoms with E-state index in [0.29, 0.717) is 41.0 Å². The Morgan fingerprint density at radius 2 is 1.70 bits per heavy atom. The number of fused-ring (bicyclic) bond motifs is 3. The standard InChI is InChI=1S/C45H50FN7O7S/c1-8-26-23-45(26,42(56)52-61(57,58)31-19-20-31)51-39(54)32-22-30(24-53(32)41(55)37(44(5,6)7)48-29-17-15-28(46)16-18-29)59-40-36-35(34-33(60-36)10-9-21-47-34)49-38(50-40)25-11-13-27(14-12-25)43(2,3)4/h8-18,21,26,30-32,37,48H,1,19-20,22-24H2,2-7H3,(H,51,54)(H,52,56)/t26-,30-,32+,37-,45-/m1/s1. The average molecular weight is 852 g/mol. The van der Waals surface area contributed by atoms with E-state index < -0.39 is 73.9 Å². The van der Waals surface area contributed by atoms with Crippen molar-refractivity contribution in [3.05, 3.63) is 90.9 Å². The molecular formula is C45H50FN7O7S. The molecule has 61 heavy (non-hydrogen) atoms. The zero-order valence-corrected chi connectivity index (χ0v) is 35.8. The molecule has 3 N–H and O–H groups in total. The second-order valence-electron chi connectivity index (χ2n) is 18.4. The Morgan fingerprint density at radius 3 is 2.33 bits per heavy atom. The van der Waals surface area contributed by atoms with Crippen LogP contribution in [0.5, 0.6) is 5.88 Å². The zero-order chi connectivity index (χ0) is 43.6. The molecule has 0 spiro atoms. The maximum Gasteiger partial charge on any atom is 0.262 e. The topological polar surface area (TPSA) is 186 Å². The van der Waals surface area contributed by atoms with Crippen LogP contribution in [0.1, 0.15) is 72.8 Å². The molecule has 2 aromatic carbocycles. The summed E-state index contributed by atoms with van der Waals surface area (Å²) in [6, 6.07) is 15.0. The molecular weight excluding hydrogens is 802 g/mol. The quantitative estimate of drug-likeness (QED) is 0.118. The fourth-order valence-corrected chi connectivity index (χ4v) is 9.21. The van der Waals surface area contributed by atoms with Crippen LogP contribution in [0.25, 0.3) is 33.6 Å². The van der Waals surface area contributed by atoms with Crippen LogP contribution in [-0.4, -0.2) is 81.5 Å². The number of carbonyl (C=O) groups is 3. The first kappa shape index (κ1) is 41.8. The smallest absolute Gasteiger partial charge is 0.262 e. The monoisotopic (exact) mass is 851 g/mol. The van der Waals surface area contributed by atoms with Crippen molar-refractivity contribution in [2.45, 2.75) is 102 Å². The molecule has 0 radical (unpaired) electrons. The summed E-state index contributed by atoms with van der Waals surface area (Å²) in [6.45, 7) is 15.7. The minimum Gasteiger partial charge on any atom is -0.470 e. The molecule has 16 heteroatoms. The van der Waals surface area contributed by atoms with Crippen LogP contribution in [0.2, 0.25) is 0 Å². The lowest BCUT2D eigenvalue weighted by molar-refractivity contribution is -0.141. The molecule has 3 aliphatic rings. The van der Waals surface area contributed by atoms with Crippen LogP contribution < -0.4 is 20.1 Å². The van der Waals surface area contributed by atoms with Gasteiger partial charge in [0.05, 0.1) is 11.8 Å². The predicted molar refractivity (Wildman–Crippen MR) is 228 cm³/mol. The van der Waals surface area contributed by atoms with Gasteiger partial charge in [-0.05, 0) is 72.1 Å². The summed E-state index contributed by atoms with van der Waals surface area (Å²) in [5.41, 5.74) is 1.59. The molecule has 0 bridgehead atoms. The van der Waals surface area contributed by atoms with E-state index in [1.165, 1.54) is 35.2 Å². The zero-order valence-electron chi connectivity index (χ0n) is 35.0. The number of amides is 3. The molecule has 1 aliphatic heterocycles. The van der Waals surface area contributed by atoms with Gasteiger partial charge in [0.15, 0.2) is 11.4 Å². The van der Waals surface area contributed by atoms with Gasteiger partial charge >= 0.3 is 0 Å². The number of likely N-dealkylation sites (tertiary alicyclic amines) is 1. The summed E-state index contributed by atoms with van der Waals surface area (Å²) < 4.78 is 54.7. The van der Waals surface area contributed by atoms with Crippen molar-refractivity contribution in [3.8, 4) is 17.3 Å². The summed E-state index contributed by atoms with van der Waals surface area (Å²) in [7, 11) is -3.93. The van der Waals surface area contributed by atoms with E-state index in [2.05, 4.69) is 47.7 Å². The van der Waals surface area contributed by atoms with Gasteiger partial charge in [-0.3, -0.25) is 24.1 Å². The van der Waals surface area contributed by atoms with Crippen LogP contribution in [0.3, 0.4) is 0 Å². The fourth-order valence-electron chi connectivity index (χ4n) is 7.85. The van der Waals surface area contributed by atoms with Crippen molar-refractivity contribution < 1.29 is 36.3 Å². The van der Waals surface area contributed by atoms with Crippen molar-refractivity contribution in [2.24, 2.45) is 11.3 Å². The molecule has 1 saturated heterocycles. The number of benzene rings is 2. The van der Waals surface area contributed by atoms with E-state index in [1.54, 1.807) is 18.3 Å². The molecule has 3 fully saturated rings. The summed E-state index contributed by atoms with van der Waals surface area (Å²) in [4.78, 5) is 58.8. The number of rotatable bonds is 12. The van der Waals surface area contributed by atoms with Crippen molar-refractivity contribution in [1.29, 1.82) is 0 Å². The summed E-state index contributed by atoms with van der Waals surface area (Å²) in [5.74, 6) is -2.51. The first-order valence-corrected chi connectivity index (χ1v) is 22.0. The third kappa shape index (κ3) is 8.29. The van der Waals surface area contributed by atoms with Crippen LogP contribution in [-0.2, 0) is 29.8 Å². The van der Waals surface area contributed by atoms with Gasteiger partial charge in [0.2, 0.25) is 27.4 Å². The molecule has 320 valence electrons. The average Bonchev–Trinajstić information content (AvgIpc) is 4.11. The second kappa shape index (κ2) is 15.2. The number of nitrogens with zero attached hydrogens (tertiary/aromatic N) is 4. The molecule has 2 saturated carbocycles. The van der Waals surface area contributed by atoms with Gasteiger partial charge in [-0.25, -0.2) is 17.8 Å². The molecule has 5 aromatic rings. The third-order valence-corrected chi connectivity index (χ3v) is 13.5. The number of pyridine rings is 1. The number of nitrogens with one attached hydrogen (secondary N) is 3. The van der Waals surface area contributed by atoms with Crippen molar-refractivity contribution in [3.63, 3.8) is 0 Å². The Hall–Kier alpha value is -5.90. The van der Waals surface area contributed by atoms with Gasteiger partial charge in [0, 0.05) is 29.8 Å². The van der Waals surface area contributed by atoms with Gasteiger partial charge in [0.25, 0.3) is 11.8 Å². The van der Waals surface area contributed by atoms with E-state index in [0.717, 1.165) is 11.1 Å². The van der Waals surface area contributed by atoms with Crippen LogP contribution in [0, 0.1) is 17.2 Å². The second-order valence-corrected chi connectivity index (χ2v) is 20.4. The largest absolute Gasteiger partial charge is 0.470 e. The van der Waals surface area contributed by atoms with E-state index in [4.69, 9.17) is 19.1 Å². The minimum absolute atomic E-state index is 0.0264. The number of hydrogen-bond donors (Lipinski definition) is 3. The first-order valence-electron chi connectivity index (χ1n) is 20.4. The van der Waals surface area contributed by atoms with Crippen LogP contribution >= 0.6 is 0 Å². The number of carbonyl (C=O) groups excluding carboxylic acids is 3. The Bertz CT molecular complexity index is 2650. The lowest BCUT2D eigenvalue weighted by Crippen LogP contribution is -2.58. The molecule has 4 heterocycles. The molecule has 8 rings (SSSR count). The van der Waals surface area contributed by atoms with Gasteiger partial charge in [-0.1, -0.05) is 71.9 Å². The lowest BCUT2D eigenvalue weighted by atomic mass is 9.85. The number of ether oxygens (including phenoxy) is 1. The maximum absolute atomic E-state index is 14.9. The molecule has 14 nitrogen and oxygen atoms in total. The highest BCUT2D eigenvalue weighted by Gasteiger charge is 2.62. The van der Waals surface area contributed by atoms with Gasteiger partial charge in [-0.15, -0.1) is 6.58 Å². The fraction of sp³-hybridized carbons (Fsp3) is 0.422.